The van der Waals surface area contributed by atoms with Crippen LogP contribution in [0.5, 0.6) is 0 Å². The summed E-state index contributed by atoms with van der Waals surface area (Å²) in [5.41, 5.74) is 0. The SMILES string of the molecule is CCC(=O)OCOCC1C2CC3CC(C2)CC1C3. The van der Waals surface area contributed by atoms with Crippen LogP contribution in [0.25, 0.3) is 0 Å². The van der Waals surface area contributed by atoms with E-state index in [9.17, 15) is 4.79 Å². The fourth-order valence-corrected chi connectivity index (χ4v) is 4.70. The van der Waals surface area contributed by atoms with Gasteiger partial charge >= 0.3 is 5.97 Å². The monoisotopic (exact) mass is 252 g/mol. The highest BCUT2D eigenvalue weighted by atomic mass is 16.7. The summed E-state index contributed by atoms with van der Waals surface area (Å²) in [6.07, 6.45) is 7.63. The van der Waals surface area contributed by atoms with E-state index in [4.69, 9.17) is 9.47 Å². The Hall–Kier alpha value is -0.570. The van der Waals surface area contributed by atoms with Gasteiger partial charge in [0.2, 0.25) is 0 Å². The van der Waals surface area contributed by atoms with Gasteiger partial charge in [-0.1, -0.05) is 6.92 Å². The topological polar surface area (TPSA) is 35.5 Å². The lowest BCUT2D eigenvalue weighted by Gasteiger charge is -2.54. The number of carbonyl (C=O) groups is 1. The molecule has 0 aromatic carbocycles. The Balaban J connectivity index is 1.44. The van der Waals surface area contributed by atoms with Crippen molar-refractivity contribution < 1.29 is 14.3 Å². The lowest BCUT2D eigenvalue weighted by molar-refractivity contribution is -0.161. The van der Waals surface area contributed by atoms with E-state index in [0.29, 0.717) is 6.42 Å². The van der Waals surface area contributed by atoms with Crippen LogP contribution in [-0.2, 0) is 14.3 Å². The minimum atomic E-state index is -0.167. The molecular formula is C15H24O3. The van der Waals surface area contributed by atoms with Gasteiger partial charge in [0.1, 0.15) is 0 Å². The molecule has 0 unspecified atom stereocenters. The van der Waals surface area contributed by atoms with Crippen LogP contribution in [0.3, 0.4) is 0 Å². The predicted octanol–water partition coefficient (Wildman–Crippen LogP) is 2.99. The zero-order valence-electron chi connectivity index (χ0n) is 11.3. The van der Waals surface area contributed by atoms with Crippen LogP contribution in [0.1, 0.15) is 45.4 Å². The average Bonchev–Trinajstić information content (AvgIpc) is 2.36. The van der Waals surface area contributed by atoms with Gasteiger partial charge in [-0.3, -0.25) is 4.79 Å². The summed E-state index contributed by atoms with van der Waals surface area (Å²) < 4.78 is 10.6. The van der Waals surface area contributed by atoms with Gasteiger partial charge in [-0.25, -0.2) is 0 Å². The first kappa shape index (κ1) is 12.5. The molecule has 4 rings (SSSR count). The number of ether oxygens (including phenoxy) is 2. The van der Waals surface area contributed by atoms with E-state index in [-0.39, 0.29) is 12.8 Å². The van der Waals surface area contributed by atoms with E-state index in [0.717, 1.165) is 36.2 Å². The van der Waals surface area contributed by atoms with E-state index < -0.39 is 0 Å². The molecule has 3 heteroatoms. The number of esters is 1. The fraction of sp³-hybridized carbons (Fsp3) is 0.933. The molecule has 0 spiro atoms. The molecule has 4 fully saturated rings. The summed E-state index contributed by atoms with van der Waals surface area (Å²) in [4.78, 5) is 11.0. The third kappa shape index (κ3) is 2.42. The van der Waals surface area contributed by atoms with E-state index in [2.05, 4.69) is 0 Å². The van der Waals surface area contributed by atoms with E-state index in [1.165, 1.54) is 32.1 Å². The van der Waals surface area contributed by atoms with E-state index in [1.807, 2.05) is 0 Å². The first-order valence-corrected chi connectivity index (χ1v) is 7.49. The van der Waals surface area contributed by atoms with E-state index in [1.54, 1.807) is 6.92 Å². The first-order chi connectivity index (χ1) is 8.76. The van der Waals surface area contributed by atoms with Crippen LogP contribution in [0.2, 0.25) is 0 Å². The molecule has 4 aliphatic rings. The largest absolute Gasteiger partial charge is 0.438 e. The highest BCUT2D eigenvalue weighted by Crippen LogP contribution is 2.56. The van der Waals surface area contributed by atoms with Crippen molar-refractivity contribution in [2.45, 2.75) is 45.4 Å². The maximum absolute atomic E-state index is 11.0. The second-order valence-corrected chi connectivity index (χ2v) is 6.45. The van der Waals surface area contributed by atoms with Crippen LogP contribution in [0.15, 0.2) is 0 Å². The molecule has 3 nitrogen and oxygen atoms in total. The molecule has 0 atom stereocenters. The maximum Gasteiger partial charge on any atom is 0.307 e. The molecule has 18 heavy (non-hydrogen) atoms. The number of carbonyl (C=O) groups excluding carboxylic acids is 1. The van der Waals surface area contributed by atoms with Crippen molar-refractivity contribution in [3.8, 4) is 0 Å². The summed E-state index contributed by atoms with van der Waals surface area (Å²) in [7, 11) is 0. The molecule has 4 aliphatic carbocycles. The minimum Gasteiger partial charge on any atom is -0.438 e. The van der Waals surface area contributed by atoms with Gasteiger partial charge in [-0.05, 0) is 61.7 Å². The maximum atomic E-state index is 11.0. The zero-order valence-corrected chi connectivity index (χ0v) is 11.3. The molecule has 0 saturated heterocycles. The van der Waals surface area contributed by atoms with Gasteiger partial charge in [0.15, 0.2) is 6.79 Å². The molecule has 0 aliphatic heterocycles. The number of hydrogen-bond acceptors (Lipinski definition) is 3. The number of rotatable bonds is 5. The molecular weight excluding hydrogens is 228 g/mol. The average molecular weight is 252 g/mol. The number of hydrogen-bond donors (Lipinski definition) is 0. The highest BCUT2D eigenvalue weighted by Gasteiger charge is 2.47. The molecule has 0 heterocycles. The smallest absolute Gasteiger partial charge is 0.307 e. The molecule has 0 aromatic heterocycles. The fourth-order valence-electron chi connectivity index (χ4n) is 4.70. The van der Waals surface area contributed by atoms with Gasteiger partial charge < -0.3 is 9.47 Å². The molecule has 0 aromatic rings. The second kappa shape index (κ2) is 5.20. The van der Waals surface area contributed by atoms with Crippen LogP contribution in [-0.4, -0.2) is 19.4 Å². The Labute approximate surface area is 109 Å². The highest BCUT2D eigenvalue weighted by molar-refractivity contribution is 5.68. The van der Waals surface area contributed by atoms with Gasteiger partial charge in [0.25, 0.3) is 0 Å². The summed E-state index contributed by atoms with van der Waals surface area (Å²) in [5.74, 6) is 4.38. The molecule has 4 bridgehead atoms. The van der Waals surface area contributed by atoms with Gasteiger partial charge in [0.05, 0.1) is 6.61 Å². The lowest BCUT2D eigenvalue weighted by atomic mass is 9.52. The van der Waals surface area contributed by atoms with Gasteiger partial charge in [0, 0.05) is 6.42 Å². The van der Waals surface area contributed by atoms with Crippen molar-refractivity contribution in [2.24, 2.45) is 29.6 Å². The normalized spacial score (nSPS) is 41.1. The Morgan fingerprint density at radius 2 is 1.67 bits per heavy atom. The van der Waals surface area contributed by atoms with Crippen LogP contribution in [0, 0.1) is 29.6 Å². The first-order valence-electron chi connectivity index (χ1n) is 7.49. The van der Waals surface area contributed by atoms with Crippen molar-refractivity contribution in [3.05, 3.63) is 0 Å². The van der Waals surface area contributed by atoms with Gasteiger partial charge in [-0.15, -0.1) is 0 Å². The Bertz CT molecular complexity index is 285. The molecule has 102 valence electrons. The van der Waals surface area contributed by atoms with Crippen molar-refractivity contribution in [2.75, 3.05) is 13.4 Å². The second-order valence-electron chi connectivity index (χ2n) is 6.45. The van der Waals surface area contributed by atoms with Crippen molar-refractivity contribution in [1.29, 1.82) is 0 Å². The molecule has 0 N–H and O–H groups in total. The van der Waals surface area contributed by atoms with E-state index >= 15 is 0 Å². The molecule has 4 saturated carbocycles. The van der Waals surface area contributed by atoms with Crippen LogP contribution >= 0.6 is 0 Å². The summed E-state index contributed by atoms with van der Waals surface area (Å²) >= 11 is 0. The van der Waals surface area contributed by atoms with Crippen molar-refractivity contribution in [3.63, 3.8) is 0 Å². The van der Waals surface area contributed by atoms with Crippen molar-refractivity contribution >= 4 is 5.97 Å². The standard InChI is InChI=1S/C15H24O3/c1-2-15(16)18-9-17-8-14-12-4-10-3-11(6-12)7-13(14)5-10/h10-14H,2-9H2,1H3. The van der Waals surface area contributed by atoms with Gasteiger partial charge in [-0.2, -0.15) is 0 Å². The zero-order chi connectivity index (χ0) is 12.5. The summed E-state index contributed by atoms with van der Waals surface area (Å²) in [5, 5.41) is 0. The van der Waals surface area contributed by atoms with Crippen LogP contribution in [0.4, 0.5) is 0 Å². The third-order valence-electron chi connectivity index (χ3n) is 5.32. The lowest BCUT2D eigenvalue weighted by Crippen LogP contribution is -2.46. The predicted molar refractivity (Wildman–Crippen MR) is 67.7 cm³/mol. The molecule has 0 amide bonds. The molecule has 0 radical (unpaired) electrons. The van der Waals surface area contributed by atoms with Crippen LogP contribution < -0.4 is 0 Å². The Morgan fingerprint density at radius 1 is 1.06 bits per heavy atom. The quantitative estimate of drug-likeness (QED) is 0.428. The minimum absolute atomic E-state index is 0.148. The summed E-state index contributed by atoms with van der Waals surface area (Å²) in [6, 6.07) is 0. The summed E-state index contributed by atoms with van der Waals surface area (Å²) in [6.45, 7) is 2.75. The van der Waals surface area contributed by atoms with Crippen molar-refractivity contribution in [1.82, 2.24) is 0 Å². The third-order valence-corrected chi connectivity index (χ3v) is 5.32. The Morgan fingerprint density at radius 3 is 2.22 bits per heavy atom. The Kier molecular flexibility index (Phi) is 3.60.